The lowest BCUT2D eigenvalue weighted by Crippen LogP contribution is -2.40. The Kier molecular flexibility index (Phi) is 3.41. The molecule has 0 spiro atoms. The van der Waals surface area contributed by atoms with Gasteiger partial charge in [-0.1, -0.05) is 35.8 Å². The Balaban J connectivity index is 1.63. The Morgan fingerprint density at radius 1 is 1.39 bits per heavy atom. The van der Waals surface area contributed by atoms with E-state index in [2.05, 4.69) is 53.5 Å². The summed E-state index contributed by atoms with van der Waals surface area (Å²) in [5.74, 6) is 2.28. The molecule has 1 saturated heterocycles. The molecular weight excluding hydrogens is 306 g/mol. The number of nitrogens with one attached hydrogen (secondary N) is 1. The van der Waals surface area contributed by atoms with Crippen molar-refractivity contribution in [3.8, 4) is 11.3 Å². The Morgan fingerprint density at radius 3 is 2.96 bits per heavy atom. The van der Waals surface area contributed by atoms with Crippen LogP contribution in [0.1, 0.15) is 30.6 Å². The number of rotatable bonds is 2. The van der Waals surface area contributed by atoms with Crippen LogP contribution in [0.4, 0.5) is 0 Å². The summed E-state index contributed by atoms with van der Waals surface area (Å²) >= 11 is 5.52. The van der Waals surface area contributed by atoms with Crippen molar-refractivity contribution in [1.29, 1.82) is 0 Å². The molecule has 2 heterocycles. The van der Waals surface area contributed by atoms with E-state index in [0.717, 1.165) is 40.4 Å². The molecule has 0 bridgehead atoms. The first kappa shape index (κ1) is 14.7. The highest BCUT2D eigenvalue weighted by Gasteiger charge is 2.59. The van der Waals surface area contributed by atoms with Crippen LogP contribution in [0.2, 0.25) is 0 Å². The predicted octanol–water partition coefficient (Wildman–Crippen LogP) is 3.54. The van der Waals surface area contributed by atoms with Gasteiger partial charge in [-0.25, -0.2) is 0 Å². The monoisotopic (exact) mass is 327 g/mol. The first-order chi connectivity index (χ1) is 11.1. The number of thiocarbonyl (C=S) groups is 1. The Morgan fingerprint density at radius 2 is 2.22 bits per heavy atom. The van der Waals surface area contributed by atoms with Gasteiger partial charge in [-0.3, -0.25) is 0 Å². The van der Waals surface area contributed by atoms with Crippen molar-refractivity contribution < 1.29 is 4.52 Å². The van der Waals surface area contributed by atoms with E-state index in [1.807, 2.05) is 13.1 Å². The van der Waals surface area contributed by atoms with Gasteiger partial charge in [0.05, 0.1) is 6.04 Å². The van der Waals surface area contributed by atoms with Crippen LogP contribution >= 0.6 is 12.2 Å². The molecule has 1 aliphatic heterocycles. The normalized spacial score (nSPS) is 28.6. The van der Waals surface area contributed by atoms with Crippen LogP contribution in [0.5, 0.6) is 0 Å². The van der Waals surface area contributed by atoms with Gasteiger partial charge in [0, 0.05) is 24.7 Å². The van der Waals surface area contributed by atoms with Crippen molar-refractivity contribution in [1.82, 2.24) is 15.4 Å². The van der Waals surface area contributed by atoms with Gasteiger partial charge in [-0.2, -0.15) is 0 Å². The summed E-state index contributed by atoms with van der Waals surface area (Å²) < 4.78 is 5.62. The molecule has 1 N–H and O–H groups in total. The molecule has 1 saturated carbocycles. The molecule has 4 atom stereocenters. The molecule has 2 aliphatic rings. The average molecular weight is 327 g/mol. The highest BCUT2D eigenvalue weighted by atomic mass is 32.1. The van der Waals surface area contributed by atoms with Crippen molar-refractivity contribution >= 4 is 17.3 Å². The zero-order chi connectivity index (χ0) is 16.1. The van der Waals surface area contributed by atoms with Gasteiger partial charge in [0.1, 0.15) is 5.69 Å². The summed E-state index contributed by atoms with van der Waals surface area (Å²) in [5, 5.41) is 8.29. The molecule has 4 rings (SSSR count). The summed E-state index contributed by atoms with van der Waals surface area (Å²) in [5.41, 5.74) is 3.27. The molecule has 23 heavy (non-hydrogen) atoms. The number of aryl methyl sites for hydroxylation is 1. The molecule has 120 valence electrons. The fourth-order valence-corrected chi connectivity index (χ4v) is 4.21. The second-order valence-corrected chi connectivity index (χ2v) is 7.10. The molecule has 2 fully saturated rings. The molecule has 4 nitrogen and oxygen atoms in total. The van der Waals surface area contributed by atoms with E-state index in [-0.39, 0.29) is 6.04 Å². The first-order valence-corrected chi connectivity index (χ1v) is 8.54. The van der Waals surface area contributed by atoms with Gasteiger partial charge in [0.2, 0.25) is 0 Å². The Bertz CT molecular complexity index is 756. The molecule has 2 aromatic rings. The second kappa shape index (κ2) is 5.34. The number of hydrogen-bond donors (Lipinski definition) is 1. The van der Waals surface area contributed by atoms with E-state index in [1.54, 1.807) is 0 Å². The largest absolute Gasteiger partial charge is 0.366 e. The summed E-state index contributed by atoms with van der Waals surface area (Å²) in [6.07, 6.45) is 1.10. The lowest BCUT2D eigenvalue weighted by Gasteiger charge is -2.29. The van der Waals surface area contributed by atoms with Gasteiger partial charge in [-0.15, -0.1) is 0 Å². The standard InChI is InChI=1S/C18H21N3OS/c1-10-5-4-6-12(7-10)16-9-14(20-22-16)15-8-13-11(2)17(13)21(15)18(23)19-3/h4-7,9,11,13,15,17H,8H2,1-3H3,(H,19,23)/t11-,13+,15-,17-/m1/s1. The van der Waals surface area contributed by atoms with Gasteiger partial charge in [-0.05, 0) is 43.5 Å². The first-order valence-electron chi connectivity index (χ1n) is 8.14. The van der Waals surface area contributed by atoms with Crippen molar-refractivity contribution in [2.24, 2.45) is 11.8 Å². The SMILES string of the molecule is CNC(=S)N1[C@@H]2[C@H](C)[C@@H]2C[C@@H]1c1cc(-c2cccc(C)c2)on1. The van der Waals surface area contributed by atoms with E-state index >= 15 is 0 Å². The van der Waals surface area contributed by atoms with Gasteiger partial charge in [0.25, 0.3) is 0 Å². The molecule has 1 aromatic carbocycles. The van der Waals surface area contributed by atoms with Crippen LogP contribution < -0.4 is 5.32 Å². The van der Waals surface area contributed by atoms with Crippen LogP contribution in [0, 0.1) is 18.8 Å². The van der Waals surface area contributed by atoms with E-state index < -0.39 is 0 Å². The minimum atomic E-state index is 0.225. The van der Waals surface area contributed by atoms with Crippen LogP contribution in [0.3, 0.4) is 0 Å². The molecule has 0 radical (unpaired) electrons. The number of nitrogens with zero attached hydrogens (tertiary/aromatic N) is 2. The van der Waals surface area contributed by atoms with Gasteiger partial charge < -0.3 is 14.7 Å². The van der Waals surface area contributed by atoms with E-state index in [9.17, 15) is 0 Å². The summed E-state index contributed by atoms with van der Waals surface area (Å²) in [7, 11) is 1.89. The summed E-state index contributed by atoms with van der Waals surface area (Å²) in [6, 6.07) is 11.2. The van der Waals surface area contributed by atoms with Crippen molar-refractivity contribution in [3.05, 3.63) is 41.6 Å². The number of aromatic nitrogens is 1. The van der Waals surface area contributed by atoms with Crippen LogP contribution in [0.15, 0.2) is 34.9 Å². The minimum absolute atomic E-state index is 0.225. The van der Waals surface area contributed by atoms with E-state index in [1.165, 1.54) is 5.56 Å². The summed E-state index contributed by atoms with van der Waals surface area (Å²) in [6.45, 7) is 4.39. The van der Waals surface area contributed by atoms with E-state index in [0.29, 0.717) is 6.04 Å². The van der Waals surface area contributed by atoms with Gasteiger partial charge >= 0.3 is 0 Å². The second-order valence-electron chi connectivity index (χ2n) is 6.71. The highest BCUT2D eigenvalue weighted by Crippen LogP contribution is 2.57. The fourth-order valence-electron chi connectivity index (χ4n) is 3.96. The quantitative estimate of drug-likeness (QED) is 0.855. The third-order valence-corrected chi connectivity index (χ3v) is 5.70. The maximum atomic E-state index is 5.62. The third kappa shape index (κ3) is 2.34. The predicted molar refractivity (Wildman–Crippen MR) is 94.0 cm³/mol. The average Bonchev–Trinajstić information content (AvgIpc) is 2.98. The Hall–Kier alpha value is -1.88. The summed E-state index contributed by atoms with van der Waals surface area (Å²) in [4.78, 5) is 2.32. The van der Waals surface area contributed by atoms with Gasteiger partial charge in [0.15, 0.2) is 10.9 Å². The molecule has 1 aromatic heterocycles. The Labute approximate surface area is 141 Å². The van der Waals surface area contributed by atoms with Crippen molar-refractivity contribution in [2.75, 3.05) is 7.05 Å². The maximum absolute atomic E-state index is 5.62. The number of hydrogen-bond acceptors (Lipinski definition) is 3. The molecular formula is C18H21N3OS. The zero-order valence-electron chi connectivity index (χ0n) is 13.6. The fraction of sp³-hybridized carbons (Fsp3) is 0.444. The topological polar surface area (TPSA) is 41.3 Å². The minimum Gasteiger partial charge on any atom is -0.366 e. The van der Waals surface area contributed by atoms with Crippen LogP contribution in [-0.2, 0) is 0 Å². The number of benzene rings is 1. The third-order valence-electron chi connectivity index (χ3n) is 5.28. The van der Waals surface area contributed by atoms with Crippen molar-refractivity contribution in [2.45, 2.75) is 32.4 Å². The number of likely N-dealkylation sites (tertiary alicyclic amines) is 1. The lowest BCUT2D eigenvalue weighted by molar-refractivity contribution is 0.302. The molecule has 1 aliphatic carbocycles. The smallest absolute Gasteiger partial charge is 0.169 e. The lowest BCUT2D eigenvalue weighted by atomic mass is 10.0. The maximum Gasteiger partial charge on any atom is 0.169 e. The number of piperidine rings is 1. The highest BCUT2D eigenvalue weighted by molar-refractivity contribution is 7.80. The molecule has 5 heteroatoms. The van der Waals surface area contributed by atoms with E-state index in [4.69, 9.17) is 16.7 Å². The van der Waals surface area contributed by atoms with Crippen LogP contribution in [0.25, 0.3) is 11.3 Å². The van der Waals surface area contributed by atoms with Crippen LogP contribution in [-0.4, -0.2) is 28.3 Å². The van der Waals surface area contributed by atoms with Crippen molar-refractivity contribution in [3.63, 3.8) is 0 Å². The number of fused-ring (bicyclic) bond motifs is 1. The molecule has 0 amide bonds. The zero-order valence-corrected chi connectivity index (χ0v) is 14.4. The molecule has 0 unspecified atom stereocenters.